The summed E-state index contributed by atoms with van der Waals surface area (Å²) in [5, 5.41) is 13.5. The van der Waals surface area contributed by atoms with E-state index in [4.69, 9.17) is 9.47 Å². The predicted molar refractivity (Wildman–Crippen MR) is 90.9 cm³/mol. The standard InChI is InChI=1S/C18H21O3P/c1-11-8-12(2)17(13(3)9-11)18(19)22-16-7-6-14(20-4)10-15(16)21-5/h6-10,19H,1-5H3/p-1. The van der Waals surface area contributed by atoms with E-state index in [9.17, 15) is 5.11 Å². The van der Waals surface area contributed by atoms with E-state index in [0.717, 1.165) is 22.0 Å². The molecule has 0 saturated heterocycles. The molecule has 0 atom stereocenters. The molecule has 0 unspecified atom stereocenters. The Morgan fingerprint density at radius 2 is 1.59 bits per heavy atom. The third-order valence-electron chi connectivity index (χ3n) is 3.50. The molecule has 0 saturated carbocycles. The third-order valence-corrected chi connectivity index (χ3v) is 4.54. The molecule has 0 amide bonds. The maximum absolute atomic E-state index is 12.7. The molecule has 22 heavy (non-hydrogen) atoms. The van der Waals surface area contributed by atoms with E-state index in [-0.39, 0.29) is 5.48 Å². The van der Waals surface area contributed by atoms with Gasteiger partial charge in [0.1, 0.15) is 11.5 Å². The van der Waals surface area contributed by atoms with Crippen molar-refractivity contribution in [3.8, 4) is 11.5 Å². The number of rotatable bonds is 4. The molecule has 0 heterocycles. The molecule has 2 rings (SSSR count). The van der Waals surface area contributed by atoms with Crippen molar-refractivity contribution in [1.82, 2.24) is 0 Å². The van der Waals surface area contributed by atoms with Crippen molar-refractivity contribution >= 4 is 19.0 Å². The summed E-state index contributed by atoms with van der Waals surface area (Å²) in [4.78, 5) is 0. The highest BCUT2D eigenvalue weighted by atomic mass is 31.1. The van der Waals surface area contributed by atoms with Crippen LogP contribution < -0.4 is 19.9 Å². The first-order valence-electron chi connectivity index (χ1n) is 7.02. The quantitative estimate of drug-likeness (QED) is 0.815. The van der Waals surface area contributed by atoms with E-state index in [1.54, 1.807) is 20.3 Å². The van der Waals surface area contributed by atoms with Crippen LogP contribution in [0.25, 0.3) is 0 Å². The molecule has 0 bridgehead atoms. The molecule has 0 fully saturated rings. The van der Waals surface area contributed by atoms with Crippen molar-refractivity contribution in [2.45, 2.75) is 20.8 Å². The minimum atomic E-state index is 0.0819. The summed E-state index contributed by atoms with van der Waals surface area (Å²) in [6.07, 6.45) is 0. The number of hydrogen-bond acceptors (Lipinski definition) is 3. The van der Waals surface area contributed by atoms with Gasteiger partial charge in [-0.05, 0) is 49.6 Å². The van der Waals surface area contributed by atoms with Gasteiger partial charge in [-0.15, -0.1) is 5.48 Å². The number of ether oxygens (including phenoxy) is 2. The van der Waals surface area contributed by atoms with Gasteiger partial charge < -0.3 is 14.6 Å². The summed E-state index contributed by atoms with van der Waals surface area (Å²) in [5.74, 6) is 1.38. The lowest BCUT2D eigenvalue weighted by molar-refractivity contribution is -0.207. The van der Waals surface area contributed by atoms with E-state index in [0.29, 0.717) is 19.7 Å². The highest BCUT2D eigenvalue weighted by Crippen LogP contribution is 2.23. The summed E-state index contributed by atoms with van der Waals surface area (Å²) in [6.45, 7) is 6.00. The molecule has 0 aliphatic heterocycles. The van der Waals surface area contributed by atoms with Gasteiger partial charge in [-0.3, -0.25) is 0 Å². The maximum Gasteiger partial charge on any atom is 0.134 e. The van der Waals surface area contributed by atoms with Gasteiger partial charge in [0.25, 0.3) is 0 Å². The molecule has 116 valence electrons. The lowest BCUT2D eigenvalue weighted by atomic mass is 10.0. The topological polar surface area (TPSA) is 41.5 Å². The van der Waals surface area contributed by atoms with Crippen molar-refractivity contribution < 1.29 is 14.6 Å². The van der Waals surface area contributed by atoms with Gasteiger partial charge in [-0.1, -0.05) is 25.9 Å². The highest BCUT2D eigenvalue weighted by Gasteiger charge is 2.06. The van der Waals surface area contributed by atoms with Crippen LogP contribution in [0.2, 0.25) is 0 Å². The molecule has 2 aromatic rings. The lowest BCUT2D eigenvalue weighted by Gasteiger charge is -2.19. The molecule has 4 heteroatoms. The molecule has 0 N–H and O–H groups in total. The molecular weight excluding hydrogens is 295 g/mol. The van der Waals surface area contributed by atoms with Crippen LogP contribution in [0, 0.1) is 20.8 Å². The van der Waals surface area contributed by atoms with Crippen molar-refractivity contribution in [2.75, 3.05) is 14.2 Å². The average molecular weight is 315 g/mol. The van der Waals surface area contributed by atoms with Crippen LogP contribution in [0.1, 0.15) is 22.3 Å². The largest absolute Gasteiger partial charge is 0.823 e. The van der Waals surface area contributed by atoms with Crippen molar-refractivity contribution in [1.29, 1.82) is 0 Å². The first kappa shape index (κ1) is 16.5. The molecule has 0 aromatic heterocycles. The molecule has 0 aliphatic rings. The van der Waals surface area contributed by atoms with Crippen LogP contribution in [0.4, 0.5) is 0 Å². The van der Waals surface area contributed by atoms with E-state index in [1.807, 2.05) is 45.0 Å². The Bertz CT molecular complexity index is 697. The Labute approximate surface area is 133 Å². The zero-order valence-electron chi connectivity index (χ0n) is 13.6. The second-order valence-corrected chi connectivity index (χ2v) is 6.34. The van der Waals surface area contributed by atoms with Crippen LogP contribution in [0.5, 0.6) is 11.5 Å². The number of aryl methyl sites for hydroxylation is 3. The number of hydrogen-bond donors (Lipinski definition) is 0. The summed E-state index contributed by atoms with van der Waals surface area (Å²) >= 11 is 0. The highest BCUT2D eigenvalue weighted by molar-refractivity contribution is 7.49. The van der Waals surface area contributed by atoms with Crippen LogP contribution >= 0.6 is 8.20 Å². The Morgan fingerprint density at radius 1 is 0.955 bits per heavy atom. The van der Waals surface area contributed by atoms with E-state index < -0.39 is 0 Å². The molecule has 0 radical (unpaired) electrons. The van der Waals surface area contributed by atoms with Crippen LogP contribution in [0.15, 0.2) is 30.3 Å². The summed E-state index contributed by atoms with van der Waals surface area (Å²) in [5.41, 5.74) is 4.08. The van der Waals surface area contributed by atoms with Gasteiger partial charge in [-0.25, -0.2) is 0 Å². The van der Waals surface area contributed by atoms with E-state index in [1.165, 1.54) is 5.56 Å². The second-order valence-electron chi connectivity index (χ2n) is 5.23. The fourth-order valence-electron chi connectivity index (χ4n) is 2.56. The second kappa shape index (κ2) is 6.95. The zero-order valence-corrected chi connectivity index (χ0v) is 14.5. The minimum absolute atomic E-state index is 0.0819. The third kappa shape index (κ3) is 3.49. The van der Waals surface area contributed by atoms with Crippen LogP contribution in [0.3, 0.4) is 0 Å². The summed E-state index contributed by atoms with van der Waals surface area (Å²) in [6, 6.07) is 9.59. The van der Waals surface area contributed by atoms with Crippen molar-refractivity contribution in [3.63, 3.8) is 0 Å². The molecular formula is C18H20O3P-. The van der Waals surface area contributed by atoms with Gasteiger partial charge in [-0.2, -0.15) is 0 Å². The van der Waals surface area contributed by atoms with Gasteiger partial charge in [0.05, 0.1) is 14.2 Å². The lowest BCUT2D eigenvalue weighted by Crippen LogP contribution is -2.20. The number of benzene rings is 2. The fourth-order valence-corrected chi connectivity index (χ4v) is 3.66. The normalized spacial score (nSPS) is 11.5. The molecule has 0 spiro atoms. The van der Waals surface area contributed by atoms with Crippen molar-refractivity contribution in [3.05, 3.63) is 52.6 Å². The predicted octanol–water partition coefficient (Wildman–Crippen LogP) is 2.74. The first-order chi connectivity index (χ1) is 10.5. The van der Waals surface area contributed by atoms with Crippen LogP contribution in [-0.4, -0.2) is 19.7 Å². The first-order valence-corrected chi connectivity index (χ1v) is 7.91. The summed E-state index contributed by atoms with van der Waals surface area (Å²) in [7, 11) is 3.81. The van der Waals surface area contributed by atoms with Gasteiger partial charge in [0.2, 0.25) is 0 Å². The van der Waals surface area contributed by atoms with Crippen molar-refractivity contribution in [2.24, 2.45) is 0 Å². The van der Waals surface area contributed by atoms with E-state index in [2.05, 4.69) is 0 Å². The average Bonchev–Trinajstić information content (AvgIpc) is 2.46. The fraction of sp³-hybridized carbons (Fsp3) is 0.278. The SMILES string of the molecule is COc1ccc(P=C([O-])c2c(C)cc(C)cc2C)c(OC)c1. The Hall–Kier alpha value is -1.83. The van der Waals surface area contributed by atoms with Gasteiger partial charge in [0.15, 0.2) is 0 Å². The maximum atomic E-state index is 12.7. The summed E-state index contributed by atoms with van der Waals surface area (Å²) < 4.78 is 10.5. The molecule has 0 aliphatic carbocycles. The monoisotopic (exact) mass is 315 g/mol. The van der Waals surface area contributed by atoms with Gasteiger partial charge in [0, 0.05) is 11.4 Å². The Morgan fingerprint density at radius 3 is 2.14 bits per heavy atom. The number of methoxy groups -OCH3 is 2. The van der Waals surface area contributed by atoms with Crippen LogP contribution in [-0.2, 0) is 0 Å². The molecule has 2 aromatic carbocycles. The Balaban J connectivity index is 2.50. The zero-order chi connectivity index (χ0) is 16.3. The van der Waals surface area contributed by atoms with Gasteiger partial charge >= 0.3 is 0 Å². The molecule has 3 nitrogen and oxygen atoms in total. The minimum Gasteiger partial charge on any atom is -0.823 e. The van der Waals surface area contributed by atoms with E-state index >= 15 is 0 Å². The smallest absolute Gasteiger partial charge is 0.134 e. The Kier molecular flexibility index (Phi) is 5.23.